The molecule has 0 amide bonds. The van der Waals surface area contributed by atoms with Gasteiger partial charge in [0.2, 0.25) is 5.28 Å². The third kappa shape index (κ3) is 2.36. The number of fused-ring (bicyclic) bond motifs is 3. The van der Waals surface area contributed by atoms with Crippen molar-refractivity contribution in [2.75, 3.05) is 5.32 Å². The Morgan fingerprint density at radius 2 is 2.00 bits per heavy atom. The lowest BCUT2D eigenvalue weighted by molar-refractivity contribution is -0.148. The average Bonchev–Trinajstić information content (AvgIpc) is 2.39. The Kier molecular flexibility index (Phi) is 3.26. The Labute approximate surface area is 115 Å². The van der Waals surface area contributed by atoms with Gasteiger partial charge < -0.3 is 10.4 Å². The van der Waals surface area contributed by atoms with Crippen molar-refractivity contribution in [3.05, 3.63) is 11.5 Å². The maximum absolute atomic E-state index is 11.5. The summed E-state index contributed by atoms with van der Waals surface area (Å²) in [6.07, 6.45) is 5.68. The van der Waals surface area contributed by atoms with Gasteiger partial charge in [0.1, 0.15) is 5.82 Å². The Morgan fingerprint density at radius 3 is 2.63 bits per heavy atom. The molecule has 0 aromatic carbocycles. The summed E-state index contributed by atoms with van der Waals surface area (Å²) in [7, 11) is 0. The van der Waals surface area contributed by atoms with Crippen LogP contribution in [0.4, 0.5) is 5.82 Å². The molecule has 0 aliphatic heterocycles. The van der Waals surface area contributed by atoms with Gasteiger partial charge in [-0.3, -0.25) is 4.79 Å². The molecule has 1 heterocycles. The number of carboxylic acids is 1. The molecule has 3 aliphatic rings. The average molecular weight is 283 g/mol. The second-order valence-corrected chi connectivity index (χ2v) is 5.66. The molecule has 19 heavy (non-hydrogen) atoms. The minimum Gasteiger partial charge on any atom is -0.481 e. The first-order chi connectivity index (χ1) is 9.15. The molecule has 0 spiro atoms. The van der Waals surface area contributed by atoms with Gasteiger partial charge in [0, 0.05) is 6.04 Å². The van der Waals surface area contributed by atoms with Crippen molar-refractivity contribution in [3.63, 3.8) is 0 Å². The van der Waals surface area contributed by atoms with E-state index in [0.717, 1.165) is 25.7 Å². The van der Waals surface area contributed by atoms with Gasteiger partial charge in [0.05, 0.1) is 12.1 Å². The lowest BCUT2D eigenvalue weighted by Crippen LogP contribution is -2.51. The van der Waals surface area contributed by atoms with E-state index in [-0.39, 0.29) is 23.2 Å². The van der Waals surface area contributed by atoms with E-state index in [1.54, 1.807) is 0 Å². The molecule has 2 atom stereocenters. The highest BCUT2D eigenvalue weighted by atomic mass is 35.5. The number of carbonyl (C=O) groups is 1. The van der Waals surface area contributed by atoms with Gasteiger partial charge in [0.25, 0.3) is 0 Å². The molecule has 0 radical (unpaired) electrons. The molecule has 2 bridgehead atoms. The van der Waals surface area contributed by atoms with Gasteiger partial charge in [-0.2, -0.15) is 10.1 Å². The van der Waals surface area contributed by atoms with Crippen LogP contribution < -0.4 is 5.32 Å². The second kappa shape index (κ2) is 4.92. The molecule has 2 N–H and O–H groups in total. The van der Waals surface area contributed by atoms with E-state index in [9.17, 15) is 9.90 Å². The van der Waals surface area contributed by atoms with Crippen molar-refractivity contribution >= 4 is 23.4 Å². The minimum atomic E-state index is -0.722. The third-order valence-corrected chi connectivity index (χ3v) is 4.51. The highest BCUT2D eigenvalue weighted by Crippen LogP contribution is 2.46. The first-order valence-corrected chi connectivity index (χ1v) is 6.87. The van der Waals surface area contributed by atoms with E-state index < -0.39 is 5.97 Å². The second-order valence-electron chi connectivity index (χ2n) is 5.32. The number of nitrogens with zero attached hydrogens (tertiary/aromatic N) is 3. The summed E-state index contributed by atoms with van der Waals surface area (Å²) in [4.78, 5) is 15.5. The van der Waals surface area contributed by atoms with Crippen LogP contribution in [0.25, 0.3) is 0 Å². The van der Waals surface area contributed by atoms with Crippen LogP contribution in [0, 0.1) is 17.8 Å². The molecule has 0 saturated heterocycles. The van der Waals surface area contributed by atoms with Crippen molar-refractivity contribution in [3.8, 4) is 0 Å². The van der Waals surface area contributed by atoms with Crippen LogP contribution >= 0.6 is 11.6 Å². The molecule has 102 valence electrons. The van der Waals surface area contributed by atoms with E-state index in [1.165, 1.54) is 6.20 Å². The number of hydrogen-bond acceptors (Lipinski definition) is 5. The Bertz CT molecular complexity index is 490. The number of aromatic nitrogens is 3. The van der Waals surface area contributed by atoms with Crippen molar-refractivity contribution in [2.45, 2.75) is 31.7 Å². The summed E-state index contributed by atoms with van der Waals surface area (Å²) >= 11 is 5.70. The summed E-state index contributed by atoms with van der Waals surface area (Å²) in [6.45, 7) is 0. The number of hydrogen-bond donors (Lipinski definition) is 2. The zero-order chi connectivity index (χ0) is 13.4. The lowest BCUT2D eigenvalue weighted by atomic mass is 9.61. The predicted octanol–water partition coefficient (Wildman–Crippen LogP) is 1.83. The first kappa shape index (κ1) is 12.6. The fourth-order valence-corrected chi connectivity index (χ4v) is 3.67. The Morgan fingerprint density at radius 1 is 1.32 bits per heavy atom. The number of nitrogens with one attached hydrogen (secondary N) is 1. The van der Waals surface area contributed by atoms with Gasteiger partial charge >= 0.3 is 5.97 Å². The zero-order valence-corrected chi connectivity index (χ0v) is 11.0. The molecule has 6 nitrogen and oxygen atoms in total. The highest BCUT2D eigenvalue weighted by Gasteiger charge is 2.47. The minimum absolute atomic E-state index is 0.0674. The number of carboxylic acid groups (broad SMARTS) is 1. The molecule has 4 rings (SSSR count). The lowest BCUT2D eigenvalue weighted by Gasteiger charge is -2.47. The van der Waals surface area contributed by atoms with Crippen LogP contribution in [-0.4, -0.2) is 32.3 Å². The van der Waals surface area contributed by atoms with E-state index in [1.807, 2.05) is 0 Å². The maximum Gasteiger partial charge on any atom is 0.308 e. The van der Waals surface area contributed by atoms with Gasteiger partial charge in [-0.1, -0.05) is 0 Å². The Hall–Kier alpha value is -1.43. The van der Waals surface area contributed by atoms with E-state index >= 15 is 0 Å². The Balaban J connectivity index is 1.83. The molecular formula is C12H15ClN4O2. The number of aliphatic carboxylic acids is 1. The first-order valence-electron chi connectivity index (χ1n) is 6.49. The van der Waals surface area contributed by atoms with Gasteiger partial charge in [-0.05, 0) is 49.1 Å². The normalized spacial score (nSPS) is 33.1. The molecular weight excluding hydrogens is 268 g/mol. The molecule has 3 saturated carbocycles. The van der Waals surface area contributed by atoms with E-state index in [0.29, 0.717) is 11.7 Å². The molecule has 1 aromatic rings. The van der Waals surface area contributed by atoms with Crippen molar-refractivity contribution < 1.29 is 9.90 Å². The van der Waals surface area contributed by atoms with Gasteiger partial charge in [-0.25, -0.2) is 0 Å². The number of halogens is 1. The highest BCUT2D eigenvalue weighted by molar-refractivity contribution is 6.28. The van der Waals surface area contributed by atoms with Gasteiger partial charge in [0.15, 0.2) is 0 Å². The third-order valence-electron chi connectivity index (χ3n) is 4.35. The van der Waals surface area contributed by atoms with E-state index in [2.05, 4.69) is 20.5 Å². The van der Waals surface area contributed by atoms with Crippen LogP contribution in [0.2, 0.25) is 5.28 Å². The molecule has 3 aliphatic carbocycles. The predicted molar refractivity (Wildman–Crippen MR) is 68.8 cm³/mol. The molecule has 7 heteroatoms. The van der Waals surface area contributed by atoms with Crippen molar-refractivity contribution in [1.29, 1.82) is 0 Å². The quantitative estimate of drug-likeness (QED) is 0.879. The summed E-state index contributed by atoms with van der Waals surface area (Å²) in [5, 5.41) is 20.0. The van der Waals surface area contributed by atoms with Crippen LogP contribution in [0.5, 0.6) is 0 Å². The van der Waals surface area contributed by atoms with Gasteiger partial charge in [-0.15, -0.1) is 5.10 Å². The molecule has 3 fully saturated rings. The van der Waals surface area contributed by atoms with E-state index in [4.69, 9.17) is 11.6 Å². The summed E-state index contributed by atoms with van der Waals surface area (Å²) in [5.74, 6) is 0.0927. The smallest absolute Gasteiger partial charge is 0.308 e. The summed E-state index contributed by atoms with van der Waals surface area (Å²) < 4.78 is 0. The number of anilines is 1. The fourth-order valence-electron chi connectivity index (χ4n) is 3.53. The summed E-state index contributed by atoms with van der Waals surface area (Å²) in [5.41, 5.74) is 0. The van der Waals surface area contributed by atoms with Crippen LogP contribution in [0.1, 0.15) is 25.7 Å². The largest absolute Gasteiger partial charge is 0.481 e. The van der Waals surface area contributed by atoms with Crippen molar-refractivity contribution in [1.82, 2.24) is 15.2 Å². The van der Waals surface area contributed by atoms with Crippen LogP contribution in [-0.2, 0) is 4.79 Å². The molecule has 2 unspecified atom stereocenters. The standard InChI is InChI=1S/C12H15ClN4O2/c13-12-16-8(5-14-17-12)15-10-7-3-1-6(2-4-7)9(10)11(18)19/h5-7,9-10H,1-4H2,(H,18,19)(H,15,16,17). The number of rotatable bonds is 3. The SMILES string of the molecule is O=C(O)C1C2CCC(CC2)C1Nc1cnnc(Cl)n1. The van der Waals surface area contributed by atoms with Crippen molar-refractivity contribution in [2.24, 2.45) is 17.8 Å². The summed E-state index contributed by atoms with van der Waals surface area (Å²) in [6, 6.07) is -0.0854. The van der Waals surface area contributed by atoms with Crippen LogP contribution in [0.15, 0.2) is 6.20 Å². The monoisotopic (exact) mass is 282 g/mol. The topological polar surface area (TPSA) is 88.0 Å². The fraction of sp³-hybridized carbons (Fsp3) is 0.667. The molecule has 1 aromatic heterocycles. The maximum atomic E-state index is 11.5. The van der Waals surface area contributed by atoms with Crippen LogP contribution in [0.3, 0.4) is 0 Å². The zero-order valence-electron chi connectivity index (χ0n) is 10.3.